The number of nitrogens with zero attached hydrogens (tertiary/aromatic N) is 2. The van der Waals surface area contributed by atoms with Crippen molar-refractivity contribution < 1.29 is 14.3 Å². The molecular weight excluding hydrogens is 304 g/mol. The maximum absolute atomic E-state index is 12.2. The highest BCUT2D eigenvalue weighted by Crippen LogP contribution is 2.30. The molecule has 0 radical (unpaired) electrons. The molecule has 0 saturated heterocycles. The molecule has 120 valence electrons. The van der Waals surface area contributed by atoms with Crippen molar-refractivity contribution in [2.45, 2.75) is 6.54 Å². The summed E-state index contributed by atoms with van der Waals surface area (Å²) < 4.78 is 12.2. The predicted molar refractivity (Wildman–Crippen MR) is 90.1 cm³/mol. The zero-order valence-electron chi connectivity index (χ0n) is 13.4. The van der Waals surface area contributed by atoms with Gasteiger partial charge < -0.3 is 14.0 Å². The van der Waals surface area contributed by atoms with Gasteiger partial charge in [-0.1, -0.05) is 18.2 Å². The van der Waals surface area contributed by atoms with Crippen LogP contribution in [0, 0.1) is 11.3 Å². The van der Waals surface area contributed by atoms with Gasteiger partial charge in [0.25, 0.3) is 0 Å². The van der Waals surface area contributed by atoms with E-state index in [4.69, 9.17) is 14.7 Å². The third-order valence-corrected chi connectivity index (χ3v) is 3.92. The first-order valence-electron chi connectivity index (χ1n) is 7.41. The van der Waals surface area contributed by atoms with Gasteiger partial charge in [0, 0.05) is 11.9 Å². The van der Waals surface area contributed by atoms with Crippen LogP contribution in [-0.2, 0) is 11.3 Å². The van der Waals surface area contributed by atoms with Gasteiger partial charge >= 0.3 is 5.97 Å². The van der Waals surface area contributed by atoms with Crippen LogP contribution in [0.4, 0.5) is 0 Å². The molecule has 0 aliphatic carbocycles. The highest BCUT2D eigenvalue weighted by molar-refractivity contribution is 5.98. The van der Waals surface area contributed by atoms with E-state index < -0.39 is 5.97 Å². The summed E-state index contributed by atoms with van der Waals surface area (Å²) >= 11 is 0. The Morgan fingerprint density at radius 2 is 1.96 bits per heavy atom. The number of hydrogen-bond acceptors (Lipinski definition) is 4. The van der Waals surface area contributed by atoms with Crippen molar-refractivity contribution >= 4 is 16.9 Å². The van der Waals surface area contributed by atoms with Gasteiger partial charge in [-0.15, -0.1) is 0 Å². The van der Waals surface area contributed by atoms with Crippen LogP contribution in [0.25, 0.3) is 10.9 Å². The molecule has 0 aliphatic rings. The van der Waals surface area contributed by atoms with E-state index in [-0.39, 0.29) is 0 Å². The number of hydrogen-bond donors (Lipinski definition) is 0. The van der Waals surface area contributed by atoms with Crippen LogP contribution in [0.3, 0.4) is 0 Å². The van der Waals surface area contributed by atoms with Crippen LogP contribution < -0.4 is 4.74 Å². The number of methoxy groups -OCH3 is 2. The Morgan fingerprint density at radius 3 is 2.67 bits per heavy atom. The summed E-state index contributed by atoms with van der Waals surface area (Å²) in [5.74, 6) is 0.284. The molecule has 0 fully saturated rings. The fourth-order valence-electron chi connectivity index (χ4n) is 2.80. The lowest BCUT2D eigenvalue weighted by Crippen LogP contribution is -2.11. The van der Waals surface area contributed by atoms with Gasteiger partial charge in [0.2, 0.25) is 0 Å². The average Bonchev–Trinajstić information content (AvgIpc) is 2.99. The second-order valence-corrected chi connectivity index (χ2v) is 5.31. The minimum atomic E-state index is -0.412. The Labute approximate surface area is 139 Å². The normalized spacial score (nSPS) is 10.4. The number of esters is 1. The Hall–Kier alpha value is -3.26. The van der Waals surface area contributed by atoms with Gasteiger partial charge in [0.15, 0.2) is 0 Å². The highest BCUT2D eigenvalue weighted by atomic mass is 16.5. The van der Waals surface area contributed by atoms with Gasteiger partial charge in [-0.05, 0) is 35.9 Å². The number of benzene rings is 2. The van der Waals surface area contributed by atoms with E-state index in [1.807, 2.05) is 41.0 Å². The molecule has 0 aliphatic heterocycles. The van der Waals surface area contributed by atoms with Crippen molar-refractivity contribution in [3.63, 3.8) is 0 Å². The number of aromatic nitrogens is 1. The monoisotopic (exact) mass is 320 g/mol. The van der Waals surface area contributed by atoms with Crippen LogP contribution in [0.5, 0.6) is 5.75 Å². The molecule has 0 bridgehead atoms. The molecule has 0 amide bonds. The maximum atomic E-state index is 12.2. The summed E-state index contributed by atoms with van der Waals surface area (Å²) in [5.41, 5.74) is 2.83. The number of nitriles is 1. The molecule has 5 nitrogen and oxygen atoms in total. The molecule has 3 rings (SSSR count). The van der Waals surface area contributed by atoms with Gasteiger partial charge in [-0.2, -0.15) is 5.26 Å². The fraction of sp³-hybridized carbons (Fsp3) is 0.158. The number of fused-ring (bicyclic) bond motifs is 1. The van der Waals surface area contributed by atoms with E-state index in [1.54, 1.807) is 19.2 Å². The lowest BCUT2D eigenvalue weighted by Gasteiger charge is -2.10. The zero-order valence-corrected chi connectivity index (χ0v) is 13.4. The summed E-state index contributed by atoms with van der Waals surface area (Å²) in [6.45, 7) is 0.455. The largest absolute Gasteiger partial charge is 0.496 e. The smallest absolute Gasteiger partial charge is 0.354 e. The second kappa shape index (κ2) is 6.47. The maximum Gasteiger partial charge on any atom is 0.354 e. The summed E-state index contributed by atoms with van der Waals surface area (Å²) in [6, 6.07) is 16.9. The van der Waals surface area contributed by atoms with Crippen LogP contribution >= 0.6 is 0 Å². The molecule has 1 aromatic heterocycles. The molecule has 0 atom stereocenters. The van der Waals surface area contributed by atoms with E-state index in [9.17, 15) is 4.79 Å². The molecule has 24 heavy (non-hydrogen) atoms. The van der Waals surface area contributed by atoms with Gasteiger partial charge in [0.1, 0.15) is 11.4 Å². The van der Waals surface area contributed by atoms with Crippen molar-refractivity contribution in [3.05, 3.63) is 65.4 Å². The molecule has 1 heterocycles. The van der Waals surface area contributed by atoms with E-state index in [2.05, 4.69) is 6.07 Å². The molecule has 5 heteroatoms. The SMILES string of the molecule is COC(=O)c1cc2c(OC)cccc2n1Cc1cccc(C#N)c1. The van der Waals surface area contributed by atoms with Crippen molar-refractivity contribution in [3.8, 4) is 11.8 Å². The molecule has 3 aromatic rings. The first-order valence-corrected chi connectivity index (χ1v) is 7.41. The Morgan fingerprint density at radius 1 is 1.17 bits per heavy atom. The third kappa shape index (κ3) is 2.70. The highest BCUT2D eigenvalue weighted by Gasteiger charge is 2.18. The first-order chi connectivity index (χ1) is 11.7. The van der Waals surface area contributed by atoms with Gasteiger partial charge in [0.05, 0.1) is 31.4 Å². The molecule has 0 N–H and O–H groups in total. The van der Waals surface area contributed by atoms with Crippen LogP contribution in [0.1, 0.15) is 21.6 Å². The van der Waals surface area contributed by atoms with Crippen LogP contribution in [0.2, 0.25) is 0 Å². The summed E-state index contributed by atoms with van der Waals surface area (Å²) in [4.78, 5) is 12.2. The summed E-state index contributed by atoms with van der Waals surface area (Å²) in [5, 5.41) is 9.91. The van der Waals surface area contributed by atoms with E-state index in [1.165, 1.54) is 7.11 Å². The number of rotatable bonds is 4. The fourth-order valence-corrected chi connectivity index (χ4v) is 2.80. The standard InChI is InChI=1S/C19H16N2O3/c1-23-18-8-4-7-16-15(18)10-17(19(22)24-2)21(16)12-14-6-3-5-13(9-14)11-20/h3-10H,12H2,1-2H3. The molecular formula is C19H16N2O3. The van der Waals surface area contributed by atoms with Crippen LogP contribution in [0.15, 0.2) is 48.5 Å². The molecule has 0 saturated carbocycles. The molecule has 0 unspecified atom stereocenters. The Kier molecular flexibility index (Phi) is 4.21. The lowest BCUT2D eigenvalue weighted by atomic mass is 10.1. The van der Waals surface area contributed by atoms with Crippen molar-refractivity contribution in [1.29, 1.82) is 5.26 Å². The van der Waals surface area contributed by atoms with Gasteiger partial charge in [-0.25, -0.2) is 4.79 Å². The van der Waals surface area contributed by atoms with E-state index >= 15 is 0 Å². The average molecular weight is 320 g/mol. The molecule has 2 aromatic carbocycles. The van der Waals surface area contributed by atoms with Crippen molar-refractivity contribution in [2.75, 3.05) is 14.2 Å². The van der Waals surface area contributed by atoms with Crippen molar-refractivity contribution in [1.82, 2.24) is 4.57 Å². The van der Waals surface area contributed by atoms with Crippen LogP contribution in [-0.4, -0.2) is 24.8 Å². The zero-order chi connectivity index (χ0) is 17.1. The summed E-state index contributed by atoms with van der Waals surface area (Å²) in [6.07, 6.45) is 0. The third-order valence-electron chi connectivity index (χ3n) is 3.92. The topological polar surface area (TPSA) is 64.2 Å². The minimum Gasteiger partial charge on any atom is -0.496 e. The summed E-state index contributed by atoms with van der Waals surface area (Å²) in [7, 11) is 2.96. The lowest BCUT2D eigenvalue weighted by molar-refractivity contribution is 0.0589. The minimum absolute atomic E-state index is 0.412. The second-order valence-electron chi connectivity index (χ2n) is 5.31. The first kappa shape index (κ1) is 15.6. The Balaban J connectivity index is 2.17. The number of ether oxygens (including phenoxy) is 2. The van der Waals surface area contributed by atoms with Crippen molar-refractivity contribution in [2.24, 2.45) is 0 Å². The predicted octanol–water partition coefficient (Wildman–Crippen LogP) is 3.36. The van der Waals surface area contributed by atoms with E-state index in [0.717, 1.165) is 16.5 Å². The molecule has 0 spiro atoms. The number of carbonyl (C=O) groups excluding carboxylic acids is 1. The number of carbonyl (C=O) groups is 1. The van der Waals surface area contributed by atoms with Gasteiger partial charge in [-0.3, -0.25) is 0 Å². The quantitative estimate of drug-likeness (QED) is 0.692. The van der Waals surface area contributed by atoms with E-state index in [0.29, 0.717) is 23.6 Å². The Bertz CT molecular complexity index is 951.